The van der Waals surface area contributed by atoms with Crippen LogP contribution in [0.4, 0.5) is 14.9 Å². The third-order valence-electron chi connectivity index (χ3n) is 6.68. The van der Waals surface area contributed by atoms with Crippen molar-refractivity contribution in [1.82, 2.24) is 9.80 Å². The van der Waals surface area contributed by atoms with Crippen LogP contribution in [0.15, 0.2) is 48.5 Å². The number of urea groups is 1. The van der Waals surface area contributed by atoms with Gasteiger partial charge in [0.15, 0.2) is 5.79 Å². The van der Waals surface area contributed by atoms with Crippen molar-refractivity contribution in [2.45, 2.75) is 31.6 Å². The molecule has 0 N–H and O–H groups in total. The van der Waals surface area contributed by atoms with Crippen LogP contribution < -0.4 is 4.90 Å². The first-order chi connectivity index (χ1) is 16.0. The minimum absolute atomic E-state index is 0.0273. The number of carbonyl (C=O) groups is 2. The van der Waals surface area contributed by atoms with Gasteiger partial charge in [-0.2, -0.15) is 0 Å². The number of nitrogens with zero attached hydrogens (tertiary/aromatic N) is 3. The maximum Gasteiger partial charge on any atom is 0.324 e. The van der Waals surface area contributed by atoms with Gasteiger partial charge in [0.05, 0.1) is 19.8 Å². The Labute approximate surface area is 192 Å². The first kappa shape index (κ1) is 21.9. The summed E-state index contributed by atoms with van der Waals surface area (Å²) in [6, 6.07) is 13.5. The zero-order valence-corrected chi connectivity index (χ0v) is 18.5. The first-order valence-corrected chi connectivity index (χ1v) is 11.5. The molecule has 2 aromatic carbocycles. The van der Waals surface area contributed by atoms with Gasteiger partial charge in [0.2, 0.25) is 0 Å². The number of rotatable bonds is 4. The standard InChI is InChI=1S/C25H28FN3O4/c26-22-5-2-1-4-20(22)18-28-12-3-13-29(24(28)31)21-8-6-19(7-9-21)23(30)27-14-10-25(11-15-27)32-16-17-33-25/h1-2,4-9H,3,10-18H2. The topological polar surface area (TPSA) is 62.3 Å². The summed E-state index contributed by atoms with van der Waals surface area (Å²) in [5.74, 6) is -0.843. The molecule has 0 bridgehead atoms. The molecule has 3 saturated heterocycles. The van der Waals surface area contributed by atoms with E-state index in [0.717, 1.165) is 12.1 Å². The highest BCUT2D eigenvalue weighted by molar-refractivity contribution is 5.96. The molecule has 0 aromatic heterocycles. The molecule has 3 heterocycles. The smallest absolute Gasteiger partial charge is 0.324 e. The van der Waals surface area contributed by atoms with Crippen LogP contribution in [0.2, 0.25) is 0 Å². The fourth-order valence-corrected chi connectivity index (χ4v) is 4.80. The molecule has 33 heavy (non-hydrogen) atoms. The van der Waals surface area contributed by atoms with Crippen molar-refractivity contribution in [3.05, 3.63) is 65.5 Å². The molecule has 5 rings (SSSR count). The molecule has 7 nitrogen and oxygen atoms in total. The van der Waals surface area contributed by atoms with Gasteiger partial charge in [-0.05, 0) is 36.8 Å². The lowest BCUT2D eigenvalue weighted by Crippen LogP contribution is -2.49. The van der Waals surface area contributed by atoms with Crippen LogP contribution in [0.3, 0.4) is 0 Å². The number of hydrogen-bond donors (Lipinski definition) is 0. The number of ether oxygens (including phenoxy) is 2. The van der Waals surface area contributed by atoms with Gasteiger partial charge in [0.25, 0.3) is 5.91 Å². The van der Waals surface area contributed by atoms with E-state index in [-0.39, 0.29) is 24.3 Å². The van der Waals surface area contributed by atoms with E-state index in [1.807, 2.05) is 17.0 Å². The van der Waals surface area contributed by atoms with Crippen molar-refractivity contribution in [1.29, 1.82) is 0 Å². The van der Waals surface area contributed by atoms with Gasteiger partial charge in [0.1, 0.15) is 5.82 Å². The van der Waals surface area contributed by atoms with E-state index in [9.17, 15) is 14.0 Å². The number of likely N-dealkylation sites (tertiary alicyclic amines) is 1. The molecule has 3 aliphatic heterocycles. The monoisotopic (exact) mass is 453 g/mol. The summed E-state index contributed by atoms with van der Waals surface area (Å²) in [7, 11) is 0. The Morgan fingerprint density at radius 1 is 0.939 bits per heavy atom. The molecule has 174 valence electrons. The molecule has 3 fully saturated rings. The van der Waals surface area contributed by atoms with Crippen LogP contribution in [0.5, 0.6) is 0 Å². The van der Waals surface area contributed by atoms with Crippen LogP contribution in [0, 0.1) is 5.82 Å². The number of piperidine rings is 1. The van der Waals surface area contributed by atoms with E-state index in [0.29, 0.717) is 63.4 Å². The highest BCUT2D eigenvalue weighted by Gasteiger charge is 2.40. The highest BCUT2D eigenvalue weighted by atomic mass is 19.1. The third-order valence-corrected chi connectivity index (χ3v) is 6.68. The molecular weight excluding hydrogens is 425 g/mol. The van der Waals surface area contributed by atoms with E-state index in [2.05, 4.69) is 0 Å². The summed E-state index contributed by atoms with van der Waals surface area (Å²) in [6.45, 7) is 3.83. The maximum atomic E-state index is 14.1. The quantitative estimate of drug-likeness (QED) is 0.709. The summed E-state index contributed by atoms with van der Waals surface area (Å²) in [5, 5.41) is 0. The molecule has 1 spiro atoms. The number of anilines is 1. The van der Waals surface area contributed by atoms with Crippen LogP contribution >= 0.6 is 0 Å². The lowest BCUT2D eigenvalue weighted by Gasteiger charge is -2.37. The Hall–Kier alpha value is -2.97. The van der Waals surface area contributed by atoms with Gasteiger partial charge in [-0.3, -0.25) is 9.69 Å². The largest absolute Gasteiger partial charge is 0.347 e. The molecule has 0 atom stereocenters. The summed E-state index contributed by atoms with van der Waals surface area (Å²) < 4.78 is 25.5. The average molecular weight is 454 g/mol. The molecule has 2 aromatic rings. The van der Waals surface area contributed by atoms with Crippen LogP contribution in [0.1, 0.15) is 35.2 Å². The summed E-state index contributed by atoms with van der Waals surface area (Å²) >= 11 is 0. The lowest BCUT2D eigenvalue weighted by atomic mass is 10.0. The summed E-state index contributed by atoms with van der Waals surface area (Å²) in [4.78, 5) is 31.2. The maximum absolute atomic E-state index is 14.1. The van der Waals surface area contributed by atoms with Gasteiger partial charge in [-0.1, -0.05) is 18.2 Å². The Morgan fingerprint density at radius 2 is 1.64 bits per heavy atom. The van der Waals surface area contributed by atoms with Crippen molar-refractivity contribution in [2.75, 3.05) is 44.3 Å². The zero-order chi connectivity index (χ0) is 22.8. The minimum Gasteiger partial charge on any atom is -0.347 e. The normalized spacial score (nSPS) is 20.5. The van der Waals surface area contributed by atoms with E-state index in [4.69, 9.17) is 9.47 Å². The molecule has 0 radical (unpaired) electrons. The van der Waals surface area contributed by atoms with Crippen molar-refractivity contribution in [3.8, 4) is 0 Å². The second-order valence-corrected chi connectivity index (χ2v) is 8.75. The third kappa shape index (κ3) is 4.45. The van der Waals surface area contributed by atoms with Gasteiger partial charge in [0, 0.05) is 55.8 Å². The van der Waals surface area contributed by atoms with Gasteiger partial charge < -0.3 is 19.3 Å². The summed E-state index contributed by atoms with van der Waals surface area (Å²) in [5.41, 5.74) is 1.83. The number of benzene rings is 2. The van der Waals surface area contributed by atoms with Crippen molar-refractivity contribution in [3.63, 3.8) is 0 Å². The molecule has 3 aliphatic rings. The lowest BCUT2D eigenvalue weighted by molar-refractivity contribution is -0.181. The molecule has 3 amide bonds. The van der Waals surface area contributed by atoms with Crippen LogP contribution in [-0.4, -0.2) is 66.9 Å². The number of hydrogen-bond acceptors (Lipinski definition) is 4. The fraction of sp³-hybridized carbons (Fsp3) is 0.440. The predicted octanol–water partition coefficient (Wildman–Crippen LogP) is 3.64. The second kappa shape index (κ2) is 9.11. The Bertz CT molecular complexity index is 1010. The van der Waals surface area contributed by atoms with Crippen molar-refractivity contribution >= 4 is 17.6 Å². The highest BCUT2D eigenvalue weighted by Crippen LogP contribution is 2.32. The molecule has 0 unspecified atom stereocenters. The first-order valence-electron chi connectivity index (χ1n) is 11.5. The number of halogens is 1. The molecule has 0 saturated carbocycles. The van der Waals surface area contributed by atoms with E-state index < -0.39 is 5.79 Å². The molecular formula is C25H28FN3O4. The Balaban J connectivity index is 1.23. The number of amides is 3. The second-order valence-electron chi connectivity index (χ2n) is 8.75. The van der Waals surface area contributed by atoms with Crippen LogP contribution in [0.25, 0.3) is 0 Å². The Kier molecular flexibility index (Phi) is 6.03. The minimum atomic E-state index is -0.510. The molecule has 0 aliphatic carbocycles. The predicted molar refractivity (Wildman–Crippen MR) is 120 cm³/mol. The fourth-order valence-electron chi connectivity index (χ4n) is 4.80. The van der Waals surface area contributed by atoms with Crippen LogP contribution in [-0.2, 0) is 16.0 Å². The van der Waals surface area contributed by atoms with E-state index in [1.54, 1.807) is 40.1 Å². The van der Waals surface area contributed by atoms with E-state index in [1.165, 1.54) is 6.07 Å². The van der Waals surface area contributed by atoms with Gasteiger partial charge >= 0.3 is 6.03 Å². The van der Waals surface area contributed by atoms with Gasteiger partial charge in [-0.25, -0.2) is 9.18 Å². The molecule has 8 heteroatoms. The van der Waals surface area contributed by atoms with Gasteiger partial charge in [-0.15, -0.1) is 0 Å². The summed E-state index contributed by atoms with van der Waals surface area (Å²) in [6.07, 6.45) is 2.15. The zero-order valence-electron chi connectivity index (χ0n) is 18.5. The van der Waals surface area contributed by atoms with Crippen molar-refractivity contribution in [2.24, 2.45) is 0 Å². The van der Waals surface area contributed by atoms with Crippen molar-refractivity contribution < 1.29 is 23.5 Å². The van der Waals surface area contributed by atoms with E-state index >= 15 is 0 Å². The average Bonchev–Trinajstić information content (AvgIpc) is 3.30. The SMILES string of the molecule is O=C(c1ccc(N2CCCN(Cc3ccccc3F)C2=O)cc1)N1CCC2(CC1)OCCO2. The Morgan fingerprint density at radius 3 is 2.33 bits per heavy atom. The number of carbonyl (C=O) groups excluding carboxylic acids is 2.